The molecule has 0 radical (unpaired) electrons. The highest BCUT2D eigenvalue weighted by Gasteiger charge is 2.33. The average molecular weight is 396 g/mol. The van der Waals surface area contributed by atoms with Crippen LogP contribution in [0.1, 0.15) is 29.2 Å². The smallest absolute Gasteiger partial charge is 0.440 e. The van der Waals surface area contributed by atoms with Crippen LogP contribution < -0.4 is 10.3 Å². The summed E-state index contributed by atoms with van der Waals surface area (Å²) in [6.45, 7) is 3.08. The number of nitrogens with zero attached hydrogens (tertiary/aromatic N) is 1. The van der Waals surface area contributed by atoms with E-state index in [0.29, 0.717) is 17.0 Å². The first-order valence-electron chi connectivity index (χ1n) is 8.16. The Morgan fingerprint density at radius 2 is 1.89 bits per heavy atom. The van der Waals surface area contributed by atoms with Crippen molar-refractivity contribution in [2.24, 2.45) is 5.16 Å². The number of carbonyl (C=O) groups excluding carboxylic acids is 1. The number of carbonyl (C=O) groups is 1. The second-order valence-corrected chi connectivity index (χ2v) is 5.78. The molecule has 0 saturated carbocycles. The molecule has 1 N–H and O–H groups in total. The summed E-state index contributed by atoms with van der Waals surface area (Å²) in [5.74, 6) is 0.361. The lowest BCUT2D eigenvalue weighted by molar-refractivity contribution is -0.138. The molecule has 0 fully saturated rings. The molecule has 0 aliphatic heterocycles. The summed E-state index contributed by atoms with van der Waals surface area (Å²) in [7, 11) is 1.20. The number of alkyl halides is 3. The van der Waals surface area contributed by atoms with Gasteiger partial charge in [0.25, 0.3) is 0 Å². The number of methoxy groups -OCH3 is 1. The first-order valence-corrected chi connectivity index (χ1v) is 8.16. The molecule has 6 nitrogen and oxygen atoms in total. The van der Waals surface area contributed by atoms with Gasteiger partial charge in [0.15, 0.2) is 5.75 Å². The molecular formula is C19H19F3N2O4. The van der Waals surface area contributed by atoms with Gasteiger partial charge in [-0.3, -0.25) is 0 Å². The largest absolute Gasteiger partial charge is 0.451 e. The van der Waals surface area contributed by atoms with Gasteiger partial charge >= 0.3 is 12.3 Å². The second kappa shape index (κ2) is 9.12. The van der Waals surface area contributed by atoms with Crippen molar-refractivity contribution >= 4 is 11.8 Å². The van der Waals surface area contributed by atoms with Crippen molar-refractivity contribution in [1.82, 2.24) is 5.48 Å². The molecule has 2 aromatic carbocycles. The Morgan fingerprint density at radius 1 is 1.18 bits per heavy atom. The maximum Gasteiger partial charge on any atom is 0.440 e. The van der Waals surface area contributed by atoms with E-state index in [1.807, 2.05) is 0 Å². The minimum Gasteiger partial charge on any atom is -0.451 e. The molecule has 0 unspecified atom stereocenters. The van der Waals surface area contributed by atoms with Crippen LogP contribution in [0.2, 0.25) is 0 Å². The number of hydroxylamine groups is 1. The average Bonchev–Trinajstić information content (AvgIpc) is 2.66. The first kappa shape index (κ1) is 21.1. The highest BCUT2D eigenvalue weighted by atomic mass is 19.4. The van der Waals surface area contributed by atoms with E-state index in [1.165, 1.54) is 25.3 Å². The van der Waals surface area contributed by atoms with Gasteiger partial charge in [0, 0.05) is 11.1 Å². The van der Waals surface area contributed by atoms with Crippen LogP contribution >= 0.6 is 0 Å². The van der Waals surface area contributed by atoms with Crippen molar-refractivity contribution in [3.8, 4) is 5.75 Å². The summed E-state index contributed by atoms with van der Waals surface area (Å²) in [5, 5.41) is 3.88. The predicted molar refractivity (Wildman–Crippen MR) is 95.8 cm³/mol. The summed E-state index contributed by atoms with van der Waals surface area (Å²) >= 11 is 0. The second-order valence-electron chi connectivity index (χ2n) is 5.78. The van der Waals surface area contributed by atoms with Gasteiger partial charge in [-0.15, -0.1) is 0 Å². The van der Waals surface area contributed by atoms with Crippen LogP contribution in [0.15, 0.2) is 47.6 Å². The van der Waals surface area contributed by atoms with Crippen LogP contribution in [0.3, 0.4) is 0 Å². The molecule has 2 aromatic rings. The summed E-state index contributed by atoms with van der Waals surface area (Å²) in [6, 6.07) is 10.2. The Labute approximate surface area is 159 Å². The standard InChI is InChI=1S/C19H19F3N2O4/c1-12-8-9-14(10-17(12)28-24-18(25)26-3)13(2)23-27-11-15-6-4-5-7-16(15)19(20,21)22/h4-10H,11H2,1-3H3,(H,24,25)/b23-13+. The highest BCUT2D eigenvalue weighted by molar-refractivity contribution is 5.98. The quantitative estimate of drug-likeness (QED) is 0.572. The van der Waals surface area contributed by atoms with Crippen LogP contribution in [-0.2, 0) is 22.4 Å². The minimum absolute atomic E-state index is 0.0123. The fourth-order valence-corrected chi connectivity index (χ4v) is 2.25. The zero-order valence-corrected chi connectivity index (χ0v) is 15.5. The van der Waals surface area contributed by atoms with E-state index >= 15 is 0 Å². The number of hydrogen-bond acceptors (Lipinski definition) is 5. The van der Waals surface area contributed by atoms with E-state index < -0.39 is 17.8 Å². The molecule has 2 rings (SSSR count). The lowest BCUT2D eigenvalue weighted by Crippen LogP contribution is -2.27. The molecular weight excluding hydrogens is 377 g/mol. The number of halogens is 3. The number of ether oxygens (including phenoxy) is 1. The number of rotatable bonds is 6. The SMILES string of the molecule is COC(=O)NOc1cc(/C(C)=N/OCc2ccccc2C(F)(F)F)ccc1C. The minimum atomic E-state index is -4.46. The van der Waals surface area contributed by atoms with E-state index in [-0.39, 0.29) is 12.2 Å². The number of hydrogen-bond donors (Lipinski definition) is 1. The third-order valence-electron chi connectivity index (χ3n) is 3.78. The van der Waals surface area contributed by atoms with Crippen molar-refractivity contribution in [1.29, 1.82) is 0 Å². The molecule has 0 aliphatic carbocycles. The molecule has 0 spiro atoms. The van der Waals surface area contributed by atoms with Crippen LogP contribution in [0.5, 0.6) is 5.75 Å². The summed E-state index contributed by atoms with van der Waals surface area (Å²) in [4.78, 5) is 21.4. The third-order valence-corrected chi connectivity index (χ3v) is 3.78. The zero-order valence-electron chi connectivity index (χ0n) is 15.5. The van der Waals surface area contributed by atoms with Crippen molar-refractivity contribution in [2.75, 3.05) is 7.11 Å². The Bertz CT molecular complexity index is 866. The van der Waals surface area contributed by atoms with E-state index in [9.17, 15) is 18.0 Å². The van der Waals surface area contributed by atoms with Crippen molar-refractivity contribution in [3.05, 3.63) is 64.7 Å². The maximum absolute atomic E-state index is 13.0. The molecule has 0 atom stereocenters. The summed E-state index contributed by atoms with van der Waals surface area (Å²) in [5.41, 5.74) is 3.10. The van der Waals surface area contributed by atoms with Gasteiger partial charge in [0.2, 0.25) is 0 Å². The number of aryl methyl sites for hydroxylation is 1. The van der Waals surface area contributed by atoms with Crippen molar-refractivity contribution in [3.63, 3.8) is 0 Å². The fourth-order valence-electron chi connectivity index (χ4n) is 2.25. The molecule has 0 aliphatic rings. The van der Waals surface area contributed by atoms with Gasteiger partial charge in [0.05, 0.1) is 18.4 Å². The summed E-state index contributed by atoms with van der Waals surface area (Å²) < 4.78 is 43.4. The van der Waals surface area contributed by atoms with Gasteiger partial charge in [-0.1, -0.05) is 35.5 Å². The Kier molecular flexibility index (Phi) is 6.86. The monoisotopic (exact) mass is 396 g/mol. The first-order chi connectivity index (χ1) is 13.2. The molecule has 0 aromatic heterocycles. The normalized spacial score (nSPS) is 11.7. The van der Waals surface area contributed by atoms with Crippen molar-refractivity contribution in [2.45, 2.75) is 26.6 Å². The molecule has 1 amide bonds. The van der Waals surface area contributed by atoms with Crippen LogP contribution in [0.25, 0.3) is 0 Å². The van der Waals surface area contributed by atoms with Gasteiger partial charge in [-0.25, -0.2) is 4.79 Å². The number of benzene rings is 2. The molecule has 0 bridgehead atoms. The summed E-state index contributed by atoms with van der Waals surface area (Å²) in [6.07, 6.45) is -5.23. The lowest BCUT2D eigenvalue weighted by Gasteiger charge is -2.12. The van der Waals surface area contributed by atoms with Crippen molar-refractivity contribution < 1.29 is 32.4 Å². The maximum atomic E-state index is 13.0. The Hall–Kier alpha value is -3.23. The van der Waals surface area contributed by atoms with E-state index in [0.717, 1.165) is 11.6 Å². The van der Waals surface area contributed by atoms with E-state index in [1.54, 1.807) is 32.0 Å². The topological polar surface area (TPSA) is 69.2 Å². The van der Waals surface area contributed by atoms with Crippen LogP contribution in [0, 0.1) is 6.92 Å². The molecule has 9 heteroatoms. The number of amides is 1. The van der Waals surface area contributed by atoms with E-state index in [4.69, 9.17) is 9.68 Å². The predicted octanol–water partition coefficient (Wildman–Crippen LogP) is 4.60. The van der Waals surface area contributed by atoms with Gasteiger partial charge in [-0.05, 0) is 31.5 Å². The zero-order chi connectivity index (χ0) is 20.7. The lowest BCUT2D eigenvalue weighted by atomic mass is 10.1. The molecule has 150 valence electrons. The Balaban J connectivity index is 2.09. The van der Waals surface area contributed by atoms with Gasteiger partial charge < -0.3 is 14.4 Å². The van der Waals surface area contributed by atoms with Gasteiger partial charge in [0.1, 0.15) is 6.61 Å². The molecule has 28 heavy (non-hydrogen) atoms. The highest BCUT2D eigenvalue weighted by Crippen LogP contribution is 2.32. The Morgan fingerprint density at radius 3 is 2.57 bits per heavy atom. The molecule has 0 heterocycles. The number of oxime groups is 1. The van der Waals surface area contributed by atoms with Gasteiger partial charge in [-0.2, -0.15) is 18.7 Å². The van der Waals surface area contributed by atoms with Crippen LogP contribution in [-0.4, -0.2) is 18.9 Å². The third kappa shape index (κ3) is 5.63. The number of nitrogens with one attached hydrogen (secondary N) is 1. The van der Waals surface area contributed by atoms with E-state index in [2.05, 4.69) is 15.4 Å². The fraction of sp³-hybridized carbons (Fsp3) is 0.263. The van der Waals surface area contributed by atoms with Crippen LogP contribution in [0.4, 0.5) is 18.0 Å². The molecule has 0 saturated heterocycles.